The molecule has 1 N–H and O–H groups in total. The summed E-state index contributed by atoms with van der Waals surface area (Å²) in [7, 11) is 1.27. The van der Waals surface area contributed by atoms with Crippen LogP contribution >= 0.6 is 15.9 Å². The molecule has 29 heavy (non-hydrogen) atoms. The van der Waals surface area contributed by atoms with Crippen LogP contribution in [0.4, 0.5) is 0 Å². The molecular weight excluding hydrogens is 436 g/mol. The van der Waals surface area contributed by atoms with Gasteiger partial charge in [0.2, 0.25) is 0 Å². The zero-order chi connectivity index (χ0) is 21.4. The fraction of sp³-hybridized carbons (Fsp3) is 0.391. The van der Waals surface area contributed by atoms with Gasteiger partial charge in [0.1, 0.15) is 11.3 Å². The number of carbonyl (C=O) groups excluding carboxylic acids is 2. The quantitative estimate of drug-likeness (QED) is 0.370. The van der Waals surface area contributed by atoms with Crippen molar-refractivity contribution < 1.29 is 24.2 Å². The van der Waals surface area contributed by atoms with Gasteiger partial charge in [0, 0.05) is 15.6 Å². The van der Waals surface area contributed by atoms with Crippen LogP contribution in [0.3, 0.4) is 0 Å². The molecule has 0 radical (unpaired) electrons. The SMILES string of the molecule is CCCCCCc1c(C(=O)OCC)cc(-c2ccc(Br)cc2)c(C(=O)OC)c1O. The maximum atomic E-state index is 12.6. The molecule has 0 atom stereocenters. The van der Waals surface area contributed by atoms with Crippen molar-refractivity contribution >= 4 is 27.9 Å². The summed E-state index contributed by atoms with van der Waals surface area (Å²) in [4.78, 5) is 25.2. The van der Waals surface area contributed by atoms with E-state index in [1.165, 1.54) is 7.11 Å². The third kappa shape index (κ3) is 5.60. The van der Waals surface area contributed by atoms with Crippen molar-refractivity contribution in [3.8, 4) is 16.9 Å². The molecule has 0 heterocycles. The second-order valence-corrected chi connectivity index (χ2v) is 7.62. The van der Waals surface area contributed by atoms with Crippen LogP contribution in [-0.2, 0) is 15.9 Å². The number of unbranched alkanes of at least 4 members (excludes halogenated alkanes) is 3. The minimum absolute atomic E-state index is 0.0633. The summed E-state index contributed by atoms with van der Waals surface area (Å²) in [5, 5.41) is 11.0. The first-order chi connectivity index (χ1) is 13.9. The van der Waals surface area contributed by atoms with E-state index in [0.717, 1.165) is 30.2 Å². The highest BCUT2D eigenvalue weighted by molar-refractivity contribution is 9.10. The van der Waals surface area contributed by atoms with Gasteiger partial charge in [0.05, 0.1) is 19.3 Å². The lowest BCUT2D eigenvalue weighted by Crippen LogP contribution is -2.13. The third-order valence-electron chi connectivity index (χ3n) is 4.73. The van der Waals surface area contributed by atoms with Crippen LogP contribution < -0.4 is 0 Å². The van der Waals surface area contributed by atoms with Crippen molar-refractivity contribution in [2.75, 3.05) is 13.7 Å². The number of aromatic hydroxyl groups is 1. The molecule has 0 aliphatic carbocycles. The van der Waals surface area contributed by atoms with Gasteiger partial charge in [0.25, 0.3) is 0 Å². The topological polar surface area (TPSA) is 72.8 Å². The average Bonchev–Trinajstić information content (AvgIpc) is 2.71. The Bertz CT molecular complexity index is 859. The number of hydrogen-bond donors (Lipinski definition) is 1. The smallest absolute Gasteiger partial charge is 0.342 e. The number of benzene rings is 2. The Hall–Kier alpha value is -2.34. The minimum Gasteiger partial charge on any atom is -0.507 e. The molecule has 0 saturated carbocycles. The number of ether oxygens (including phenoxy) is 2. The summed E-state index contributed by atoms with van der Waals surface area (Å²) in [5.41, 5.74) is 1.90. The summed E-state index contributed by atoms with van der Waals surface area (Å²) in [6.45, 7) is 4.07. The highest BCUT2D eigenvalue weighted by Crippen LogP contribution is 2.38. The molecule has 0 aliphatic rings. The molecule has 0 unspecified atom stereocenters. The van der Waals surface area contributed by atoms with Gasteiger partial charge >= 0.3 is 11.9 Å². The average molecular weight is 463 g/mol. The number of methoxy groups -OCH3 is 1. The van der Waals surface area contributed by atoms with Crippen molar-refractivity contribution in [3.63, 3.8) is 0 Å². The Morgan fingerprint density at radius 2 is 1.72 bits per heavy atom. The fourth-order valence-electron chi connectivity index (χ4n) is 3.25. The van der Waals surface area contributed by atoms with Crippen molar-refractivity contribution in [3.05, 3.63) is 51.5 Å². The minimum atomic E-state index is -0.648. The first-order valence-corrected chi connectivity index (χ1v) is 10.6. The lowest BCUT2D eigenvalue weighted by atomic mass is 9.90. The van der Waals surface area contributed by atoms with Gasteiger partial charge < -0.3 is 14.6 Å². The summed E-state index contributed by atoms with van der Waals surface area (Å²) in [5.74, 6) is -1.37. The number of esters is 2. The fourth-order valence-corrected chi connectivity index (χ4v) is 3.51. The van der Waals surface area contributed by atoms with E-state index in [1.807, 2.05) is 12.1 Å². The Labute approximate surface area is 180 Å². The van der Waals surface area contributed by atoms with Gasteiger partial charge in [-0.1, -0.05) is 54.2 Å². The number of halogens is 1. The highest BCUT2D eigenvalue weighted by atomic mass is 79.9. The van der Waals surface area contributed by atoms with Gasteiger partial charge in [-0.05, 0) is 43.5 Å². The Balaban J connectivity index is 2.67. The van der Waals surface area contributed by atoms with Crippen LogP contribution in [0.2, 0.25) is 0 Å². The number of rotatable bonds is 9. The summed E-state index contributed by atoms with van der Waals surface area (Å²) in [6, 6.07) is 8.90. The molecular formula is C23H27BrO5. The zero-order valence-electron chi connectivity index (χ0n) is 17.1. The molecule has 5 nitrogen and oxygen atoms in total. The van der Waals surface area contributed by atoms with Gasteiger partial charge in [-0.15, -0.1) is 0 Å². The molecule has 0 aliphatic heterocycles. The van der Waals surface area contributed by atoms with Gasteiger partial charge in [-0.3, -0.25) is 0 Å². The van der Waals surface area contributed by atoms with Crippen molar-refractivity contribution in [2.24, 2.45) is 0 Å². The molecule has 2 rings (SSSR count). The van der Waals surface area contributed by atoms with Crippen LogP contribution in [0, 0.1) is 0 Å². The van der Waals surface area contributed by atoms with Crippen molar-refractivity contribution in [1.29, 1.82) is 0 Å². The van der Waals surface area contributed by atoms with E-state index < -0.39 is 11.9 Å². The number of hydrogen-bond acceptors (Lipinski definition) is 5. The molecule has 0 amide bonds. The Kier molecular flexibility index (Phi) is 8.70. The zero-order valence-corrected chi connectivity index (χ0v) is 18.7. The molecule has 6 heteroatoms. The van der Waals surface area contributed by atoms with E-state index in [2.05, 4.69) is 22.9 Å². The molecule has 156 valence electrons. The van der Waals surface area contributed by atoms with Crippen molar-refractivity contribution in [1.82, 2.24) is 0 Å². The van der Waals surface area contributed by atoms with Crippen LogP contribution in [-0.4, -0.2) is 30.8 Å². The van der Waals surface area contributed by atoms with E-state index in [4.69, 9.17) is 9.47 Å². The normalized spacial score (nSPS) is 10.6. The maximum absolute atomic E-state index is 12.6. The monoisotopic (exact) mass is 462 g/mol. The predicted molar refractivity (Wildman–Crippen MR) is 116 cm³/mol. The molecule has 0 spiro atoms. The van der Waals surface area contributed by atoms with E-state index in [1.54, 1.807) is 25.1 Å². The Morgan fingerprint density at radius 1 is 1.03 bits per heavy atom. The summed E-state index contributed by atoms with van der Waals surface area (Å²) in [6.07, 6.45) is 4.39. The molecule has 0 saturated heterocycles. The van der Waals surface area contributed by atoms with E-state index in [9.17, 15) is 14.7 Å². The Morgan fingerprint density at radius 3 is 2.31 bits per heavy atom. The summed E-state index contributed by atoms with van der Waals surface area (Å²) >= 11 is 3.39. The lowest BCUT2D eigenvalue weighted by Gasteiger charge is -2.18. The summed E-state index contributed by atoms with van der Waals surface area (Å²) < 4.78 is 11.0. The van der Waals surface area contributed by atoms with Crippen LogP contribution in [0.15, 0.2) is 34.8 Å². The number of phenols is 1. The van der Waals surface area contributed by atoms with Gasteiger partial charge in [-0.2, -0.15) is 0 Å². The largest absolute Gasteiger partial charge is 0.507 e. The van der Waals surface area contributed by atoms with Crippen molar-refractivity contribution in [2.45, 2.75) is 46.0 Å². The predicted octanol–water partition coefficient (Wildman–Crippen LogP) is 5.91. The van der Waals surface area contributed by atoms with Gasteiger partial charge in [-0.25, -0.2) is 9.59 Å². The van der Waals surface area contributed by atoms with E-state index >= 15 is 0 Å². The van der Waals surface area contributed by atoms with Crippen LogP contribution in [0.25, 0.3) is 11.1 Å². The molecule has 0 aromatic heterocycles. The lowest BCUT2D eigenvalue weighted by molar-refractivity contribution is 0.0521. The second kappa shape index (κ2) is 11.0. The maximum Gasteiger partial charge on any atom is 0.342 e. The molecule has 0 fully saturated rings. The first-order valence-electron chi connectivity index (χ1n) is 9.84. The molecule has 0 bridgehead atoms. The molecule has 2 aromatic rings. The third-order valence-corrected chi connectivity index (χ3v) is 5.25. The van der Waals surface area contributed by atoms with E-state index in [-0.39, 0.29) is 23.5 Å². The molecule has 2 aromatic carbocycles. The highest BCUT2D eigenvalue weighted by Gasteiger charge is 2.27. The standard InChI is InChI=1S/C23H27BrO5/c1-4-6-7-8-9-17-19(22(26)29-5-2)14-18(15-10-12-16(24)13-11-15)20(21(17)25)23(27)28-3/h10-14,25H,4-9H2,1-3H3. The first kappa shape index (κ1) is 22.9. The van der Waals surface area contributed by atoms with Crippen LogP contribution in [0.1, 0.15) is 65.8 Å². The number of phenolic OH excluding ortho intramolecular Hbond substituents is 1. The number of carbonyl (C=O) groups is 2. The van der Waals surface area contributed by atoms with E-state index in [0.29, 0.717) is 23.1 Å². The second-order valence-electron chi connectivity index (χ2n) is 6.70. The van der Waals surface area contributed by atoms with Crippen LogP contribution in [0.5, 0.6) is 5.75 Å². The van der Waals surface area contributed by atoms with Gasteiger partial charge in [0.15, 0.2) is 0 Å².